The minimum Gasteiger partial charge on any atom is -0.320 e. The molecule has 0 bridgehead atoms. The van der Waals surface area contributed by atoms with Crippen molar-refractivity contribution in [3.63, 3.8) is 0 Å². The van der Waals surface area contributed by atoms with Crippen LogP contribution in [0, 0.1) is 0 Å². The lowest BCUT2D eigenvalue weighted by Gasteiger charge is -2.22. The topological polar surface area (TPSA) is 72.2 Å². The van der Waals surface area contributed by atoms with Crippen LogP contribution < -0.4 is 5.32 Å². The van der Waals surface area contributed by atoms with Gasteiger partial charge in [-0.1, -0.05) is 64.2 Å². The van der Waals surface area contributed by atoms with Crippen molar-refractivity contribution in [3.05, 3.63) is 40.7 Å². The fraction of sp³-hybridized carbons (Fsp3) is 0.412. The number of hydrogen-bond donors (Lipinski definition) is 1. The molecule has 3 rings (SSSR count). The lowest BCUT2D eigenvalue weighted by Crippen LogP contribution is -2.18. The standard InChI is InChI=1S/C17H21N5OS/c1-10(2)13-19-20-16-22(13)21-15(24-16)14(23)18-12-9-7-6-8-11(12)17(3,4)5/h6-10H,1-5H3,(H,18,23). The number of anilines is 1. The monoisotopic (exact) mass is 343 g/mol. The first-order valence-corrected chi connectivity index (χ1v) is 8.72. The number of para-hydroxylation sites is 1. The summed E-state index contributed by atoms with van der Waals surface area (Å²) in [6.07, 6.45) is 0. The average molecular weight is 343 g/mol. The molecule has 1 N–H and O–H groups in total. The minimum atomic E-state index is -0.225. The van der Waals surface area contributed by atoms with E-state index in [9.17, 15) is 4.79 Å². The van der Waals surface area contributed by atoms with Crippen LogP contribution >= 0.6 is 11.3 Å². The van der Waals surface area contributed by atoms with Crippen LogP contribution in [0.3, 0.4) is 0 Å². The molecule has 126 valence electrons. The maximum Gasteiger partial charge on any atom is 0.286 e. The highest BCUT2D eigenvalue weighted by Gasteiger charge is 2.22. The Morgan fingerprint density at radius 2 is 1.92 bits per heavy atom. The summed E-state index contributed by atoms with van der Waals surface area (Å²) in [5, 5.41) is 16.0. The van der Waals surface area contributed by atoms with E-state index in [1.54, 1.807) is 4.52 Å². The second kappa shape index (κ2) is 5.98. The zero-order valence-corrected chi connectivity index (χ0v) is 15.3. The van der Waals surface area contributed by atoms with Gasteiger partial charge in [0.2, 0.25) is 9.97 Å². The molecule has 0 spiro atoms. The van der Waals surface area contributed by atoms with Crippen molar-refractivity contribution < 1.29 is 4.79 Å². The number of carbonyl (C=O) groups is 1. The molecule has 0 aliphatic heterocycles. The predicted octanol–water partition coefficient (Wildman–Crippen LogP) is 3.86. The number of carbonyl (C=O) groups excluding carboxylic acids is 1. The van der Waals surface area contributed by atoms with Crippen molar-refractivity contribution in [1.29, 1.82) is 0 Å². The van der Waals surface area contributed by atoms with E-state index in [4.69, 9.17) is 0 Å². The van der Waals surface area contributed by atoms with Gasteiger partial charge in [-0.05, 0) is 17.0 Å². The molecule has 24 heavy (non-hydrogen) atoms. The molecule has 7 heteroatoms. The molecule has 0 unspecified atom stereocenters. The quantitative estimate of drug-likeness (QED) is 0.784. The van der Waals surface area contributed by atoms with Gasteiger partial charge in [0.05, 0.1) is 0 Å². The van der Waals surface area contributed by atoms with Crippen molar-refractivity contribution in [2.24, 2.45) is 0 Å². The summed E-state index contributed by atoms with van der Waals surface area (Å²) in [6, 6.07) is 7.85. The molecule has 0 saturated heterocycles. The normalized spacial score (nSPS) is 12.1. The van der Waals surface area contributed by atoms with Crippen molar-refractivity contribution in [2.75, 3.05) is 5.32 Å². The number of fused-ring (bicyclic) bond motifs is 1. The van der Waals surface area contributed by atoms with E-state index in [-0.39, 0.29) is 17.2 Å². The second-order valence-electron chi connectivity index (χ2n) is 7.06. The van der Waals surface area contributed by atoms with Crippen LogP contribution in [-0.4, -0.2) is 25.7 Å². The number of nitrogens with zero attached hydrogens (tertiary/aromatic N) is 4. The van der Waals surface area contributed by atoms with Gasteiger partial charge in [-0.25, -0.2) is 0 Å². The molecule has 1 amide bonds. The van der Waals surface area contributed by atoms with Gasteiger partial charge in [-0.15, -0.1) is 15.3 Å². The van der Waals surface area contributed by atoms with Gasteiger partial charge < -0.3 is 5.32 Å². The zero-order valence-electron chi connectivity index (χ0n) is 14.5. The summed E-state index contributed by atoms with van der Waals surface area (Å²) >= 11 is 1.24. The van der Waals surface area contributed by atoms with Crippen molar-refractivity contribution in [1.82, 2.24) is 19.8 Å². The first kappa shape index (κ1) is 16.6. The molecule has 0 fully saturated rings. The smallest absolute Gasteiger partial charge is 0.286 e. The van der Waals surface area contributed by atoms with Crippen LogP contribution in [0.25, 0.3) is 4.96 Å². The van der Waals surface area contributed by atoms with Gasteiger partial charge in [0.15, 0.2) is 5.82 Å². The van der Waals surface area contributed by atoms with Gasteiger partial charge in [0, 0.05) is 11.6 Å². The molecule has 6 nitrogen and oxygen atoms in total. The first-order valence-electron chi connectivity index (χ1n) is 7.90. The third-order valence-corrected chi connectivity index (χ3v) is 4.61. The summed E-state index contributed by atoms with van der Waals surface area (Å²) in [6.45, 7) is 10.4. The van der Waals surface area contributed by atoms with Gasteiger partial charge in [-0.3, -0.25) is 4.79 Å². The maximum absolute atomic E-state index is 12.6. The predicted molar refractivity (Wildman–Crippen MR) is 95.8 cm³/mol. The SMILES string of the molecule is CC(C)c1nnc2sc(C(=O)Nc3ccccc3C(C)(C)C)nn12. The van der Waals surface area contributed by atoms with Crippen LogP contribution in [0.15, 0.2) is 24.3 Å². The Labute approximate surface area is 144 Å². The van der Waals surface area contributed by atoms with Crippen LogP contribution in [0.4, 0.5) is 5.69 Å². The van der Waals surface area contributed by atoms with E-state index in [1.807, 2.05) is 38.1 Å². The fourth-order valence-corrected chi connectivity index (χ4v) is 3.25. The molecule has 2 heterocycles. The van der Waals surface area contributed by atoms with E-state index in [0.29, 0.717) is 9.97 Å². The van der Waals surface area contributed by atoms with E-state index in [0.717, 1.165) is 17.1 Å². The molecule has 0 aliphatic carbocycles. The molecule has 3 aromatic rings. The molecule has 1 aromatic carbocycles. The Hall–Kier alpha value is -2.28. The van der Waals surface area contributed by atoms with Crippen molar-refractivity contribution in [3.8, 4) is 0 Å². The number of aromatic nitrogens is 4. The Morgan fingerprint density at radius 1 is 1.21 bits per heavy atom. The van der Waals surface area contributed by atoms with E-state index in [1.165, 1.54) is 11.3 Å². The fourth-order valence-electron chi connectivity index (χ4n) is 2.51. The van der Waals surface area contributed by atoms with E-state index < -0.39 is 0 Å². The molecular formula is C17H21N5OS. The summed E-state index contributed by atoms with van der Waals surface area (Å²) in [7, 11) is 0. The molecular weight excluding hydrogens is 322 g/mol. The lowest BCUT2D eigenvalue weighted by atomic mass is 9.86. The summed E-state index contributed by atoms with van der Waals surface area (Å²) < 4.78 is 1.65. The van der Waals surface area contributed by atoms with Gasteiger partial charge in [0.1, 0.15) is 0 Å². The van der Waals surface area contributed by atoms with Crippen LogP contribution in [0.1, 0.15) is 61.7 Å². The van der Waals surface area contributed by atoms with Gasteiger partial charge in [-0.2, -0.15) is 4.52 Å². The largest absolute Gasteiger partial charge is 0.320 e. The average Bonchev–Trinajstić information content (AvgIpc) is 3.06. The highest BCUT2D eigenvalue weighted by Crippen LogP contribution is 2.29. The van der Waals surface area contributed by atoms with Crippen LogP contribution in [0.2, 0.25) is 0 Å². The number of benzene rings is 1. The Bertz CT molecular complexity index is 888. The summed E-state index contributed by atoms with van der Waals surface area (Å²) in [5.74, 6) is 0.729. The molecule has 0 atom stereocenters. The second-order valence-corrected chi connectivity index (χ2v) is 8.02. The number of nitrogens with one attached hydrogen (secondary N) is 1. The van der Waals surface area contributed by atoms with Crippen molar-refractivity contribution >= 4 is 27.9 Å². The van der Waals surface area contributed by atoms with E-state index in [2.05, 4.69) is 41.4 Å². The van der Waals surface area contributed by atoms with Gasteiger partial charge >= 0.3 is 0 Å². The minimum absolute atomic E-state index is 0.0595. The Morgan fingerprint density at radius 3 is 2.58 bits per heavy atom. The maximum atomic E-state index is 12.6. The first-order chi connectivity index (χ1) is 11.3. The third kappa shape index (κ3) is 3.03. The van der Waals surface area contributed by atoms with Crippen molar-refractivity contribution in [2.45, 2.75) is 46.0 Å². The van der Waals surface area contributed by atoms with Gasteiger partial charge in [0.25, 0.3) is 5.91 Å². The number of rotatable bonds is 3. The molecule has 0 radical (unpaired) electrons. The highest BCUT2D eigenvalue weighted by molar-refractivity contribution is 7.18. The Kier molecular flexibility index (Phi) is 4.13. The number of amides is 1. The molecule has 2 aromatic heterocycles. The zero-order chi connectivity index (χ0) is 17.5. The molecule has 0 aliphatic rings. The highest BCUT2D eigenvalue weighted by atomic mass is 32.1. The number of hydrogen-bond acceptors (Lipinski definition) is 5. The third-order valence-electron chi connectivity index (χ3n) is 3.71. The van der Waals surface area contributed by atoms with Crippen LogP contribution in [-0.2, 0) is 5.41 Å². The lowest BCUT2D eigenvalue weighted by molar-refractivity contribution is 0.102. The Balaban J connectivity index is 1.91. The van der Waals surface area contributed by atoms with E-state index >= 15 is 0 Å². The summed E-state index contributed by atoms with van der Waals surface area (Å²) in [5.41, 5.74) is 1.84. The summed E-state index contributed by atoms with van der Waals surface area (Å²) in [4.78, 5) is 13.2. The van der Waals surface area contributed by atoms with Crippen LogP contribution in [0.5, 0.6) is 0 Å². The molecule has 0 saturated carbocycles.